The summed E-state index contributed by atoms with van der Waals surface area (Å²) >= 11 is 1.49. The summed E-state index contributed by atoms with van der Waals surface area (Å²) in [5, 5.41) is 2.84. The third-order valence-corrected chi connectivity index (χ3v) is 7.74. The Hall–Kier alpha value is -3.62. The summed E-state index contributed by atoms with van der Waals surface area (Å²) in [6.45, 7) is -0.450. The van der Waals surface area contributed by atoms with E-state index in [1.54, 1.807) is 42.5 Å². The molecule has 0 radical (unpaired) electrons. The highest BCUT2D eigenvalue weighted by Gasteiger charge is 2.27. The first-order valence-electron chi connectivity index (χ1n) is 10.4. The molecule has 0 aliphatic rings. The molecule has 5 nitrogen and oxygen atoms in total. The largest absolute Gasteiger partial charge is 0.323 e. The van der Waals surface area contributed by atoms with Crippen LogP contribution in [0.4, 0.5) is 15.8 Å². The zero-order valence-corrected chi connectivity index (χ0v) is 19.6. The van der Waals surface area contributed by atoms with Crippen molar-refractivity contribution in [3.8, 4) is 0 Å². The van der Waals surface area contributed by atoms with Crippen molar-refractivity contribution in [3.63, 3.8) is 0 Å². The van der Waals surface area contributed by atoms with Crippen molar-refractivity contribution in [1.82, 2.24) is 0 Å². The van der Waals surface area contributed by atoms with Gasteiger partial charge in [-0.1, -0.05) is 60.3 Å². The van der Waals surface area contributed by atoms with Crippen LogP contribution in [-0.4, -0.2) is 20.9 Å². The van der Waals surface area contributed by atoms with E-state index in [2.05, 4.69) is 5.32 Å². The second-order valence-corrected chi connectivity index (χ2v) is 10.2. The quantitative estimate of drug-likeness (QED) is 0.337. The molecule has 0 aliphatic heterocycles. The Morgan fingerprint density at radius 3 is 2.06 bits per heavy atom. The van der Waals surface area contributed by atoms with Crippen molar-refractivity contribution in [2.45, 2.75) is 14.7 Å². The van der Waals surface area contributed by atoms with Crippen molar-refractivity contribution in [3.05, 3.63) is 115 Å². The first kappa shape index (κ1) is 23.5. The van der Waals surface area contributed by atoms with Gasteiger partial charge in [0.05, 0.1) is 16.3 Å². The van der Waals surface area contributed by atoms with Gasteiger partial charge in [-0.3, -0.25) is 9.10 Å². The number of para-hydroxylation sites is 2. The van der Waals surface area contributed by atoms with E-state index in [1.807, 2.05) is 42.5 Å². The van der Waals surface area contributed by atoms with Gasteiger partial charge >= 0.3 is 0 Å². The number of anilines is 2. The summed E-state index contributed by atoms with van der Waals surface area (Å²) in [5.74, 6) is -1.05. The number of hydrogen-bond acceptors (Lipinski definition) is 4. The van der Waals surface area contributed by atoms with E-state index < -0.39 is 28.3 Å². The average Bonchev–Trinajstić information content (AvgIpc) is 2.85. The number of rotatable bonds is 8. The van der Waals surface area contributed by atoms with Gasteiger partial charge in [-0.2, -0.15) is 0 Å². The minimum absolute atomic E-state index is 0.106. The molecule has 4 aromatic carbocycles. The van der Waals surface area contributed by atoms with E-state index in [0.717, 1.165) is 26.2 Å². The van der Waals surface area contributed by atoms with Crippen LogP contribution in [0.2, 0.25) is 0 Å². The van der Waals surface area contributed by atoms with E-state index in [0.29, 0.717) is 11.4 Å². The maximum atomic E-state index is 13.4. The summed E-state index contributed by atoms with van der Waals surface area (Å²) in [4.78, 5) is 14.8. The van der Waals surface area contributed by atoms with Gasteiger partial charge in [0.1, 0.15) is 12.4 Å². The standard InChI is InChI=1S/C26H21FN2O3S2/c27-20-15-17-23(18-16-20)34(31,32)29(21-9-3-1-4-10-21)19-26(30)28-24-13-7-8-14-25(24)33-22-11-5-2-6-12-22/h1-18H,19H2,(H,28,30). The molecule has 0 unspecified atom stereocenters. The van der Waals surface area contributed by atoms with Gasteiger partial charge in [0.2, 0.25) is 5.91 Å². The number of amides is 1. The Kier molecular flexibility index (Phi) is 7.30. The molecule has 8 heteroatoms. The molecule has 4 aromatic rings. The third-order valence-electron chi connectivity index (χ3n) is 4.87. The predicted octanol–water partition coefficient (Wildman–Crippen LogP) is 5.81. The SMILES string of the molecule is O=C(CN(c1ccccc1)S(=O)(=O)c1ccc(F)cc1)Nc1ccccc1Sc1ccccc1. The van der Waals surface area contributed by atoms with Crippen LogP contribution >= 0.6 is 11.8 Å². The zero-order valence-electron chi connectivity index (χ0n) is 18.0. The lowest BCUT2D eigenvalue weighted by Crippen LogP contribution is -2.38. The molecule has 0 saturated heterocycles. The topological polar surface area (TPSA) is 66.5 Å². The lowest BCUT2D eigenvalue weighted by Gasteiger charge is -2.24. The molecular weight excluding hydrogens is 471 g/mol. The van der Waals surface area contributed by atoms with Gasteiger partial charge in [0.15, 0.2) is 0 Å². The molecule has 4 rings (SSSR count). The van der Waals surface area contributed by atoms with Gasteiger partial charge in [0.25, 0.3) is 10.0 Å². The van der Waals surface area contributed by atoms with Gasteiger partial charge < -0.3 is 5.32 Å². The number of sulfonamides is 1. The lowest BCUT2D eigenvalue weighted by molar-refractivity contribution is -0.114. The highest BCUT2D eigenvalue weighted by atomic mass is 32.2. The van der Waals surface area contributed by atoms with E-state index in [1.165, 1.54) is 23.9 Å². The van der Waals surface area contributed by atoms with E-state index in [9.17, 15) is 17.6 Å². The normalized spacial score (nSPS) is 11.1. The maximum Gasteiger partial charge on any atom is 0.264 e. The average molecular weight is 493 g/mol. The second kappa shape index (κ2) is 10.5. The molecule has 0 saturated carbocycles. The molecule has 0 heterocycles. The number of carbonyl (C=O) groups is 1. The second-order valence-electron chi connectivity index (χ2n) is 7.26. The Morgan fingerprint density at radius 2 is 1.38 bits per heavy atom. The molecular formula is C26H21FN2O3S2. The number of halogens is 1. The van der Waals surface area contributed by atoms with Gasteiger partial charge in [-0.25, -0.2) is 12.8 Å². The van der Waals surface area contributed by atoms with Crippen LogP contribution in [0.1, 0.15) is 0 Å². The van der Waals surface area contributed by atoms with Crippen LogP contribution in [0.5, 0.6) is 0 Å². The molecule has 0 spiro atoms. The first-order valence-corrected chi connectivity index (χ1v) is 12.6. The molecule has 1 N–H and O–H groups in total. The summed E-state index contributed by atoms with van der Waals surface area (Å²) < 4.78 is 41.1. The summed E-state index contributed by atoms with van der Waals surface area (Å²) in [6, 6.07) is 29.9. The van der Waals surface area contributed by atoms with E-state index in [-0.39, 0.29) is 4.90 Å². The van der Waals surface area contributed by atoms with Crippen molar-refractivity contribution >= 4 is 39.1 Å². The predicted molar refractivity (Wildman–Crippen MR) is 133 cm³/mol. The molecule has 34 heavy (non-hydrogen) atoms. The Labute approximate surface area is 202 Å². The van der Waals surface area contributed by atoms with Crippen molar-refractivity contribution in [1.29, 1.82) is 0 Å². The Morgan fingerprint density at radius 1 is 0.794 bits per heavy atom. The fraction of sp³-hybridized carbons (Fsp3) is 0.0385. The molecule has 0 fully saturated rings. The Balaban J connectivity index is 1.60. The van der Waals surface area contributed by atoms with Crippen molar-refractivity contribution in [2.24, 2.45) is 0 Å². The third kappa shape index (κ3) is 5.65. The van der Waals surface area contributed by atoms with Gasteiger partial charge in [-0.15, -0.1) is 0 Å². The van der Waals surface area contributed by atoms with Crippen LogP contribution in [0, 0.1) is 5.82 Å². The molecule has 1 amide bonds. The number of carbonyl (C=O) groups excluding carboxylic acids is 1. The van der Waals surface area contributed by atoms with Crippen LogP contribution in [0.15, 0.2) is 124 Å². The highest BCUT2D eigenvalue weighted by Crippen LogP contribution is 2.33. The van der Waals surface area contributed by atoms with E-state index >= 15 is 0 Å². The fourth-order valence-corrected chi connectivity index (χ4v) is 5.58. The molecule has 172 valence electrons. The fourth-order valence-electron chi connectivity index (χ4n) is 3.24. The maximum absolute atomic E-state index is 13.4. The monoisotopic (exact) mass is 492 g/mol. The first-order chi connectivity index (χ1) is 16.4. The number of benzene rings is 4. The van der Waals surface area contributed by atoms with Gasteiger partial charge in [-0.05, 0) is 60.7 Å². The number of nitrogens with one attached hydrogen (secondary N) is 1. The lowest BCUT2D eigenvalue weighted by atomic mass is 10.3. The van der Waals surface area contributed by atoms with E-state index in [4.69, 9.17) is 0 Å². The van der Waals surface area contributed by atoms with Crippen LogP contribution in [0.25, 0.3) is 0 Å². The van der Waals surface area contributed by atoms with Crippen LogP contribution in [0.3, 0.4) is 0 Å². The van der Waals surface area contributed by atoms with Crippen molar-refractivity contribution in [2.75, 3.05) is 16.2 Å². The number of nitrogens with zero attached hydrogens (tertiary/aromatic N) is 1. The molecule has 0 atom stereocenters. The summed E-state index contributed by atoms with van der Waals surface area (Å²) in [7, 11) is -4.12. The minimum Gasteiger partial charge on any atom is -0.323 e. The number of hydrogen-bond donors (Lipinski definition) is 1. The molecule has 0 aliphatic carbocycles. The zero-order chi connectivity index (χ0) is 24.0. The smallest absolute Gasteiger partial charge is 0.264 e. The Bertz CT molecular complexity index is 1360. The van der Waals surface area contributed by atoms with Gasteiger partial charge in [0, 0.05) is 9.79 Å². The molecule has 0 aromatic heterocycles. The van der Waals surface area contributed by atoms with Crippen LogP contribution < -0.4 is 9.62 Å². The highest BCUT2D eigenvalue weighted by molar-refractivity contribution is 7.99. The molecule has 0 bridgehead atoms. The minimum atomic E-state index is -4.12. The van der Waals surface area contributed by atoms with Crippen molar-refractivity contribution < 1.29 is 17.6 Å². The van der Waals surface area contributed by atoms with Crippen LogP contribution in [-0.2, 0) is 14.8 Å². The summed E-state index contributed by atoms with van der Waals surface area (Å²) in [5.41, 5.74) is 0.905. The summed E-state index contributed by atoms with van der Waals surface area (Å²) in [6.07, 6.45) is 0.